The van der Waals surface area contributed by atoms with E-state index in [0.717, 1.165) is 23.0 Å². The molecule has 0 saturated heterocycles. The molecule has 1 aromatic heterocycles. The first kappa shape index (κ1) is 16.6. The smallest absolute Gasteiger partial charge is 0.418 e. The maximum absolute atomic E-state index is 13.1. The molecule has 0 fully saturated rings. The van der Waals surface area contributed by atoms with Gasteiger partial charge in [-0.2, -0.15) is 18.3 Å². The minimum Gasteiger partial charge on any atom is -0.462 e. The highest BCUT2D eigenvalue weighted by molar-refractivity contribution is 6.33. The number of hydrogen-bond donors (Lipinski definition) is 0. The summed E-state index contributed by atoms with van der Waals surface area (Å²) in [5.41, 5.74) is -1.47. The number of carbonyl (C=O) groups is 1. The summed E-state index contributed by atoms with van der Waals surface area (Å²) in [5, 5.41) is 3.38. The lowest BCUT2D eigenvalue weighted by atomic mass is 10.1. The van der Waals surface area contributed by atoms with Crippen LogP contribution in [0.2, 0.25) is 10.2 Å². The number of hydrogen-bond acceptors (Lipinski definition) is 3. The molecule has 2 rings (SSSR count). The fraction of sp³-hybridized carbons (Fsp3) is 0.231. The molecule has 0 radical (unpaired) electrons. The van der Waals surface area contributed by atoms with Gasteiger partial charge in [-0.25, -0.2) is 9.48 Å². The van der Waals surface area contributed by atoms with Crippen molar-refractivity contribution < 1.29 is 22.7 Å². The van der Waals surface area contributed by atoms with Crippen molar-refractivity contribution in [1.82, 2.24) is 9.78 Å². The summed E-state index contributed by atoms with van der Waals surface area (Å²) >= 11 is 11.6. The Labute approximate surface area is 133 Å². The van der Waals surface area contributed by atoms with E-state index in [4.69, 9.17) is 27.9 Å². The summed E-state index contributed by atoms with van der Waals surface area (Å²) < 4.78 is 44.9. The van der Waals surface area contributed by atoms with Gasteiger partial charge in [0.2, 0.25) is 0 Å². The Hall–Kier alpha value is -1.73. The molecule has 1 aromatic carbocycles. The summed E-state index contributed by atoms with van der Waals surface area (Å²) in [6.07, 6.45) is -3.60. The van der Waals surface area contributed by atoms with Crippen LogP contribution in [0.4, 0.5) is 13.2 Å². The normalized spacial score (nSPS) is 11.5. The van der Waals surface area contributed by atoms with E-state index in [2.05, 4.69) is 5.10 Å². The van der Waals surface area contributed by atoms with E-state index in [1.165, 1.54) is 6.07 Å². The van der Waals surface area contributed by atoms with Gasteiger partial charge >= 0.3 is 12.1 Å². The zero-order valence-corrected chi connectivity index (χ0v) is 12.6. The van der Waals surface area contributed by atoms with Crippen molar-refractivity contribution in [3.63, 3.8) is 0 Å². The summed E-state index contributed by atoms with van der Waals surface area (Å²) in [6, 6.07) is 3.16. The Morgan fingerprint density at radius 2 is 2.05 bits per heavy atom. The second-order valence-corrected chi connectivity index (χ2v) is 4.94. The van der Waals surface area contributed by atoms with Gasteiger partial charge in [0, 0.05) is 5.02 Å². The standard InChI is InChI=1S/C13H9Cl2F3N2O2/c1-2-22-12(21)8-6-19-20(11(8)15)10-4-3-7(14)5-9(10)13(16,17)18/h3-6H,2H2,1H3. The van der Waals surface area contributed by atoms with E-state index >= 15 is 0 Å². The highest BCUT2D eigenvalue weighted by Crippen LogP contribution is 2.36. The van der Waals surface area contributed by atoms with Gasteiger partial charge in [-0.05, 0) is 25.1 Å². The van der Waals surface area contributed by atoms with E-state index in [-0.39, 0.29) is 28.0 Å². The fourth-order valence-electron chi connectivity index (χ4n) is 1.77. The van der Waals surface area contributed by atoms with Crippen LogP contribution in [-0.4, -0.2) is 22.4 Å². The molecule has 4 nitrogen and oxygen atoms in total. The number of ether oxygens (including phenoxy) is 1. The Kier molecular flexibility index (Phi) is 4.67. The summed E-state index contributed by atoms with van der Waals surface area (Å²) in [4.78, 5) is 11.6. The second-order valence-electron chi connectivity index (χ2n) is 4.14. The minimum absolute atomic E-state index is 0.0787. The predicted octanol–water partition coefficient (Wildman–Crippen LogP) is 4.37. The van der Waals surface area contributed by atoms with Gasteiger partial charge in [-0.3, -0.25) is 0 Å². The van der Waals surface area contributed by atoms with Crippen LogP contribution in [0.15, 0.2) is 24.4 Å². The highest BCUT2D eigenvalue weighted by Gasteiger charge is 2.35. The van der Waals surface area contributed by atoms with E-state index < -0.39 is 17.7 Å². The van der Waals surface area contributed by atoms with Crippen LogP contribution in [0.3, 0.4) is 0 Å². The molecule has 0 bridgehead atoms. The van der Waals surface area contributed by atoms with Crippen molar-refractivity contribution in [2.45, 2.75) is 13.1 Å². The number of nitrogens with zero attached hydrogens (tertiary/aromatic N) is 2. The molecule has 0 amide bonds. The van der Waals surface area contributed by atoms with E-state index in [9.17, 15) is 18.0 Å². The van der Waals surface area contributed by atoms with Crippen molar-refractivity contribution in [2.24, 2.45) is 0 Å². The zero-order valence-electron chi connectivity index (χ0n) is 11.1. The number of esters is 1. The van der Waals surface area contributed by atoms with Crippen LogP contribution in [-0.2, 0) is 10.9 Å². The molecule has 0 atom stereocenters. The Morgan fingerprint density at radius 1 is 1.36 bits per heavy atom. The second kappa shape index (κ2) is 6.18. The number of aromatic nitrogens is 2. The Morgan fingerprint density at radius 3 is 2.64 bits per heavy atom. The number of rotatable bonds is 3. The van der Waals surface area contributed by atoms with Crippen LogP contribution < -0.4 is 0 Å². The van der Waals surface area contributed by atoms with Crippen LogP contribution in [0.5, 0.6) is 0 Å². The lowest BCUT2D eigenvalue weighted by Crippen LogP contribution is -2.12. The molecule has 0 N–H and O–H groups in total. The van der Waals surface area contributed by atoms with E-state index in [1.807, 2.05) is 0 Å². The molecule has 0 aliphatic heterocycles. The van der Waals surface area contributed by atoms with Gasteiger partial charge in [0.15, 0.2) is 0 Å². The molecule has 0 saturated carbocycles. The van der Waals surface area contributed by atoms with E-state index in [0.29, 0.717) is 0 Å². The molecule has 1 heterocycles. The molecule has 2 aromatic rings. The minimum atomic E-state index is -4.65. The van der Waals surface area contributed by atoms with Gasteiger partial charge in [-0.15, -0.1) is 0 Å². The van der Waals surface area contributed by atoms with Crippen molar-refractivity contribution in [2.75, 3.05) is 6.61 Å². The summed E-state index contributed by atoms with van der Waals surface area (Å²) in [7, 11) is 0. The molecule has 0 aliphatic carbocycles. The highest BCUT2D eigenvalue weighted by atomic mass is 35.5. The Balaban J connectivity index is 2.57. The average Bonchev–Trinajstić information content (AvgIpc) is 2.80. The number of carbonyl (C=O) groups excluding carboxylic acids is 1. The molecule has 0 aliphatic rings. The lowest BCUT2D eigenvalue weighted by Gasteiger charge is -2.13. The molecular formula is C13H9Cl2F3N2O2. The first-order chi connectivity index (χ1) is 10.3. The number of alkyl halides is 3. The summed E-state index contributed by atoms with van der Waals surface area (Å²) in [5.74, 6) is -0.763. The van der Waals surface area contributed by atoms with Crippen molar-refractivity contribution in [3.8, 4) is 5.69 Å². The van der Waals surface area contributed by atoms with Crippen LogP contribution in [0, 0.1) is 0 Å². The van der Waals surface area contributed by atoms with Crippen molar-refractivity contribution >= 4 is 29.2 Å². The SMILES string of the molecule is CCOC(=O)c1cnn(-c2ccc(Cl)cc2C(F)(F)F)c1Cl. The fourth-order valence-corrected chi connectivity index (χ4v) is 2.20. The molecule has 22 heavy (non-hydrogen) atoms. The molecule has 9 heteroatoms. The maximum atomic E-state index is 13.1. The monoisotopic (exact) mass is 352 g/mol. The topological polar surface area (TPSA) is 44.1 Å². The molecule has 0 spiro atoms. The molecule has 0 unspecified atom stereocenters. The van der Waals surface area contributed by atoms with Crippen LogP contribution >= 0.6 is 23.2 Å². The predicted molar refractivity (Wildman–Crippen MR) is 74.5 cm³/mol. The summed E-state index contributed by atoms with van der Waals surface area (Å²) in [6.45, 7) is 1.70. The Bertz CT molecular complexity index is 714. The number of benzene rings is 1. The third kappa shape index (κ3) is 3.20. The third-order valence-corrected chi connectivity index (χ3v) is 3.30. The quantitative estimate of drug-likeness (QED) is 0.770. The third-order valence-electron chi connectivity index (χ3n) is 2.70. The van der Waals surface area contributed by atoms with Gasteiger partial charge < -0.3 is 4.74 Å². The van der Waals surface area contributed by atoms with Gasteiger partial charge in [0.1, 0.15) is 10.7 Å². The van der Waals surface area contributed by atoms with Gasteiger partial charge in [0.25, 0.3) is 0 Å². The molecule has 118 valence electrons. The number of halogens is 5. The van der Waals surface area contributed by atoms with Gasteiger partial charge in [-0.1, -0.05) is 23.2 Å². The molecular weight excluding hydrogens is 344 g/mol. The van der Waals surface area contributed by atoms with Crippen LogP contribution in [0.25, 0.3) is 5.69 Å². The largest absolute Gasteiger partial charge is 0.462 e. The first-order valence-electron chi connectivity index (χ1n) is 6.03. The average molecular weight is 353 g/mol. The zero-order chi connectivity index (χ0) is 16.5. The van der Waals surface area contributed by atoms with E-state index in [1.54, 1.807) is 6.92 Å². The lowest BCUT2D eigenvalue weighted by molar-refractivity contribution is -0.137. The maximum Gasteiger partial charge on any atom is 0.418 e. The van der Waals surface area contributed by atoms with Crippen molar-refractivity contribution in [3.05, 3.63) is 45.7 Å². The van der Waals surface area contributed by atoms with Crippen LogP contribution in [0.1, 0.15) is 22.8 Å². The van der Waals surface area contributed by atoms with Gasteiger partial charge in [0.05, 0.1) is 24.1 Å². The van der Waals surface area contributed by atoms with Crippen molar-refractivity contribution in [1.29, 1.82) is 0 Å². The first-order valence-corrected chi connectivity index (χ1v) is 6.79.